The number of aliphatic carboxylic acids is 1. The van der Waals surface area contributed by atoms with Gasteiger partial charge >= 0.3 is 5.97 Å². The Bertz CT molecular complexity index is 384. The molecule has 0 unspecified atom stereocenters. The molecule has 0 aliphatic carbocycles. The monoisotopic (exact) mass is 304 g/mol. The minimum absolute atomic E-state index is 0.0755. The molecule has 0 amide bonds. The third-order valence-electron chi connectivity index (χ3n) is 2.90. The van der Waals surface area contributed by atoms with Gasteiger partial charge in [0.2, 0.25) is 0 Å². The predicted molar refractivity (Wildman–Crippen MR) is 66.0 cm³/mol. The lowest BCUT2D eigenvalue weighted by atomic mass is 9.79. The average molecular weight is 305 g/mol. The zero-order chi connectivity index (χ0) is 11.6. The summed E-state index contributed by atoms with van der Waals surface area (Å²) >= 11 is 5.17. The van der Waals surface area contributed by atoms with Gasteiger partial charge in [0, 0.05) is 11.3 Å². The zero-order valence-electron chi connectivity index (χ0n) is 8.74. The molecule has 1 N–H and O–H groups in total. The molecule has 2 rings (SSSR count). The van der Waals surface area contributed by atoms with Crippen molar-refractivity contribution in [3.05, 3.63) is 20.8 Å². The second-order valence-electron chi connectivity index (χ2n) is 4.12. The van der Waals surface area contributed by atoms with Crippen molar-refractivity contribution in [2.45, 2.75) is 24.7 Å². The molecule has 0 saturated carbocycles. The number of halogens is 1. The Kier molecular flexibility index (Phi) is 3.66. The fraction of sp³-hybridized carbons (Fsp3) is 0.545. The molecule has 3 nitrogen and oxygen atoms in total. The Morgan fingerprint density at radius 1 is 1.56 bits per heavy atom. The van der Waals surface area contributed by atoms with Crippen molar-refractivity contribution < 1.29 is 14.6 Å². The molecule has 1 saturated heterocycles. The summed E-state index contributed by atoms with van der Waals surface area (Å²) in [6.07, 6.45) is 1.86. The van der Waals surface area contributed by atoms with Crippen LogP contribution in [0, 0.1) is 0 Å². The summed E-state index contributed by atoms with van der Waals surface area (Å²) in [5, 5.41) is 8.64. The number of carbonyl (C=O) groups is 1. The Morgan fingerprint density at radius 2 is 2.31 bits per heavy atom. The van der Waals surface area contributed by atoms with Gasteiger partial charge in [-0.15, -0.1) is 11.3 Å². The largest absolute Gasteiger partial charge is 0.481 e. The molecule has 0 aromatic carbocycles. The van der Waals surface area contributed by atoms with Gasteiger partial charge < -0.3 is 9.84 Å². The molecule has 0 spiro atoms. The number of thiophene rings is 1. The standard InChI is InChI=1S/C11H13BrO3S/c12-9-4-3-8(16-9)11(6-15-7-11)5-1-2-10(13)14/h3-4H,1-2,5-7H2,(H,13,14). The van der Waals surface area contributed by atoms with Gasteiger partial charge in [0.1, 0.15) is 0 Å². The normalized spacial score (nSPS) is 18.1. The van der Waals surface area contributed by atoms with Gasteiger partial charge in [0.25, 0.3) is 0 Å². The molecular formula is C11H13BrO3S. The van der Waals surface area contributed by atoms with Crippen molar-refractivity contribution in [3.8, 4) is 0 Å². The molecule has 16 heavy (non-hydrogen) atoms. The van der Waals surface area contributed by atoms with Gasteiger partial charge in [-0.3, -0.25) is 4.79 Å². The lowest BCUT2D eigenvalue weighted by Gasteiger charge is -2.41. The molecule has 88 valence electrons. The van der Waals surface area contributed by atoms with Crippen LogP contribution >= 0.6 is 27.3 Å². The number of hydrogen-bond donors (Lipinski definition) is 1. The van der Waals surface area contributed by atoms with Crippen molar-refractivity contribution in [1.29, 1.82) is 0 Å². The maximum Gasteiger partial charge on any atom is 0.303 e. The van der Waals surface area contributed by atoms with Crippen molar-refractivity contribution in [2.75, 3.05) is 13.2 Å². The lowest BCUT2D eigenvalue weighted by Crippen LogP contribution is -2.46. The van der Waals surface area contributed by atoms with Gasteiger partial charge in [0.15, 0.2) is 0 Å². The van der Waals surface area contributed by atoms with E-state index in [0.717, 1.165) is 23.4 Å². The van der Waals surface area contributed by atoms with E-state index in [1.165, 1.54) is 4.88 Å². The van der Waals surface area contributed by atoms with E-state index in [1.807, 2.05) is 6.07 Å². The van der Waals surface area contributed by atoms with Crippen LogP contribution in [0.1, 0.15) is 24.1 Å². The third kappa shape index (κ3) is 2.47. The van der Waals surface area contributed by atoms with E-state index in [9.17, 15) is 4.79 Å². The lowest BCUT2D eigenvalue weighted by molar-refractivity contribution is -0.137. The Balaban J connectivity index is 1.99. The first-order valence-corrected chi connectivity index (χ1v) is 6.79. The quantitative estimate of drug-likeness (QED) is 0.909. The van der Waals surface area contributed by atoms with E-state index in [-0.39, 0.29) is 11.8 Å². The minimum Gasteiger partial charge on any atom is -0.481 e. The predicted octanol–water partition coefficient (Wildman–Crippen LogP) is 3.03. The molecule has 0 atom stereocenters. The summed E-state index contributed by atoms with van der Waals surface area (Å²) in [7, 11) is 0. The van der Waals surface area contributed by atoms with Crippen molar-refractivity contribution >= 4 is 33.2 Å². The van der Waals surface area contributed by atoms with E-state index >= 15 is 0 Å². The van der Waals surface area contributed by atoms with Crippen LogP contribution in [0.5, 0.6) is 0 Å². The highest BCUT2D eigenvalue weighted by Gasteiger charge is 2.40. The van der Waals surface area contributed by atoms with Crippen LogP contribution in [0.2, 0.25) is 0 Å². The number of carboxylic acid groups (broad SMARTS) is 1. The van der Waals surface area contributed by atoms with Crippen LogP contribution in [-0.2, 0) is 14.9 Å². The van der Waals surface area contributed by atoms with Gasteiger partial charge in [0.05, 0.1) is 22.4 Å². The van der Waals surface area contributed by atoms with Crippen molar-refractivity contribution in [1.82, 2.24) is 0 Å². The zero-order valence-corrected chi connectivity index (χ0v) is 11.1. The molecule has 1 aliphatic rings. The summed E-state index contributed by atoms with van der Waals surface area (Å²) in [6, 6.07) is 4.15. The molecule has 1 aromatic rings. The topological polar surface area (TPSA) is 46.5 Å². The summed E-state index contributed by atoms with van der Waals surface area (Å²) in [4.78, 5) is 11.8. The molecule has 0 bridgehead atoms. The fourth-order valence-electron chi connectivity index (χ4n) is 1.94. The van der Waals surface area contributed by atoms with Crippen LogP contribution in [0.3, 0.4) is 0 Å². The third-order valence-corrected chi connectivity index (χ3v) is 4.77. The molecule has 1 fully saturated rings. The fourth-order valence-corrected chi connectivity index (χ4v) is 3.51. The summed E-state index contributed by atoms with van der Waals surface area (Å²) in [5.41, 5.74) is 0.0755. The van der Waals surface area contributed by atoms with Crippen LogP contribution < -0.4 is 0 Å². The maximum atomic E-state index is 10.5. The number of ether oxygens (including phenoxy) is 1. The maximum absolute atomic E-state index is 10.5. The van der Waals surface area contributed by atoms with Gasteiger partial charge in [-0.1, -0.05) is 0 Å². The Morgan fingerprint density at radius 3 is 2.75 bits per heavy atom. The molecule has 2 heterocycles. The van der Waals surface area contributed by atoms with E-state index in [4.69, 9.17) is 9.84 Å². The highest BCUT2D eigenvalue weighted by molar-refractivity contribution is 9.11. The second kappa shape index (κ2) is 4.85. The van der Waals surface area contributed by atoms with Gasteiger partial charge in [-0.25, -0.2) is 0 Å². The first-order chi connectivity index (χ1) is 7.62. The summed E-state index contributed by atoms with van der Waals surface area (Å²) < 4.78 is 6.42. The first-order valence-electron chi connectivity index (χ1n) is 5.18. The van der Waals surface area contributed by atoms with E-state index in [0.29, 0.717) is 6.42 Å². The van der Waals surface area contributed by atoms with Crippen molar-refractivity contribution in [2.24, 2.45) is 0 Å². The van der Waals surface area contributed by atoms with Crippen LogP contribution in [0.15, 0.2) is 15.9 Å². The SMILES string of the molecule is O=C(O)CCCC1(c2ccc(Br)s2)COC1. The van der Waals surface area contributed by atoms with Crippen LogP contribution in [-0.4, -0.2) is 24.3 Å². The first kappa shape index (κ1) is 12.1. The second-order valence-corrected chi connectivity index (χ2v) is 6.59. The van der Waals surface area contributed by atoms with E-state index < -0.39 is 5.97 Å². The van der Waals surface area contributed by atoms with Crippen LogP contribution in [0.4, 0.5) is 0 Å². The Hall–Kier alpha value is -0.390. The van der Waals surface area contributed by atoms with E-state index in [1.54, 1.807) is 11.3 Å². The highest BCUT2D eigenvalue weighted by atomic mass is 79.9. The van der Waals surface area contributed by atoms with Crippen LogP contribution in [0.25, 0.3) is 0 Å². The summed E-state index contributed by atoms with van der Waals surface area (Å²) in [6.45, 7) is 1.44. The number of carboxylic acids is 1. The highest BCUT2D eigenvalue weighted by Crippen LogP contribution is 2.41. The average Bonchev–Trinajstić information content (AvgIpc) is 2.56. The minimum atomic E-state index is -0.720. The molecule has 5 heteroatoms. The molecule has 1 aliphatic heterocycles. The smallest absolute Gasteiger partial charge is 0.303 e. The van der Waals surface area contributed by atoms with Gasteiger partial charge in [-0.05, 0) is 40.9 Å². The number of rotatable bonds is 5. The molecular weight excluding hydrogens is 292 g/mol. The van der Waals surface area contributed by atoms with E-state index in [2.05, 4.69) is 22.0 Å². The van der Waals surface area contributed by atoms with Crippen molar-refractivity contribution in [3.63, 3.8) is 0 Å². The number of hydrogen-bond acceptors (Lipinski definition) is 3. The van der Waals surface area contributed by atoms with Gasteiger partial charge in [-0.2, -0.15) is 0 Å². The molecule has 0 radical (unpaired) electrons. The molecule has 1 aromatic heterocycles. The Labute approximate surface area is 107 Å². The summed E-state index contributed by atoms with van der Waals surface area (Å²) in [5.74, 6) is -0.720.